The Morgan fingerprint density at radius 3 is 2.71 bits per heavy atom. The van der Waals surface area contributed by atoms with E-state index in [0.29, 0.717) is 18.8 Å². The molecule has 3 rings (SSSR count). The third-order valence-electron chi connectivity index (χ3n) is 4.39. The smallest absolute Gasteiger partial charge is 0.362 e. The van der Waals surface area contributed by atoms with E-state index in [9.17, 15) is 18.0 Å². The van der Waals surface area contributed by atoms with Crippen LogP contribution in [0.5, 0.6) is 5.75 Å². The van der Waals surface area contributed by atoms with E-state index in [0.717, 1.165) is 11.5 Å². The van der Waals surface area contributed by atoms with Gasteiger partial charge in [-0.1, -0.05) is 10.6 Å². The molecule has 2 heterocycles. The molecule has 1 aliphatic heterocycles. The van der Waals surface area contributed by atoms with Gasteiger partial charge in [0.05, 0.1) is 33.4 Å². The zero-order chi connectivity index (χ0) is 22.4. The molecule has 0 radical (unpaired) electrons. The molecule has 1 aliphatic rings. The summed E-state index contributed by atoms with van der Waals surface area (Å²) in [5, 5.41) is 6.42. The highest BCUT2D eigenvalue weighted by atomic mass is 32.2. The van der Waals surface area contributed by atoms with Gasteiger partial charge in [-0.15, -0.1) is 5.10 Å². The van der Waals surface area contributed by atoms with Crippen molar-refractivity contribution >= 4 is 38.4 Å². The van der Waals surface area contributed by atoms with Crippen molar-refractivity contribution in [3.8, 4) is 5.75 Å². The van der Waals surface area contributed by atoms with E-state index in [-0.39, 0.29) is 47.5 Å². The van der Waals surface area contributed by atoms with Crippen LogP contribution in [0.2, 0.25) is 0 Å². The molecule has 1 aromatic heterocycles. The first-order valence-electron chi connectivity index (χ1n) is 9.41. The van der Waals surface area contributed by atoms with E-state index < -0.39 is 21.9 Å². The van der Waals surface area contributed by atoms with Crippen molar-refractivity contribution in [3.05, 3.63) is 29.5 Å². The number of esters is 1. The lowest BCUT2D eigenvalue weighted by molar-refractivity contribution is -0.115. The molecule has 1 aromatic carbocycles. The van der Waals surface area contributed by atoms with Crippen LogP contribution < -0.4 is 10.1 Å². The van der Waals surface area contributed by atoms with Crippen molar-refractivity contribution in [3.63, 3.8) is 0 Å². The molecule has 31 heavy (non-hydrogen) atoms. The fourth-order valence-corrected chi connectivity index (χ4v) is 5.11. The maximum Gasteiger partial charge on any atom is 0.362 e. The van der Waals surface area contributed by atoms with E-state index in [2.05, 4.69) is 14.9 Å². The van der Waals surface area contributed by atoms with Gasteiger partial charge in [-0.05, 0) is 24.6 Å². The molecule has 0 aliphatic carbocycles. The van der Waals surface area contributed by atoms with E-state index in [1.165, 1.54) is 23.5 Å². The average Bonchev–Trinajstić information content (AvgIpc) is 3.22. The molecular weight excluding hydrogens is 448 g/mol. The summed E-state index contributed by atoms with van der Waals surface area (Å²) in [6, 6.07) is 4.53. The van der Waals surface area contributed by atoms with Gasteiger partial charge in [0.15, 0.2) is 5.00 Å². The number of aromatic nitrogens is 2. The Labute approximate surface area is 183 Å². The van der Waals surface area contributed by atoms with Gasteiger partial charge in [-0.3, -0.25) is 4.79 Å². The van der Waals surface area contributed by atoms with Gasteiger partial charge < -0.3 is 19.5 Å². The Hall–Kier alpha value is -2.61. The van der Waals surface area contributed by atoms with Crippen molar-refractivity contribution in [2.45, 2.75) is 18.2 Å². The molecule has 0 unspecified atom stereocenters. The van der Waals surface area contributed by atoms with Crippen LogP contribution >= 0.6 is 11.5 Å². The highest BCUT2D eigenvalue weighted by Gasteiger charge is 2.29. The molecule has 1 amide bonds. The lowest BCUT2D eigenvalue weighted by Gasteiger charge is -2.26. The Bertz CT molecular complexity index is 1050. The second kappa shape index (κ2) is 10.1. The topological polar surface area (TPSA) is 137 Å². The first-order valence-corrected chi connectivity index (χ1v) is 11.6. The zero-order valence-electron chi connectivity index (χ0n) is 17.0. The SMILES string of the molecule is CCOC(=O)c1nnsc1NC(=O)Cc1ccc(OC)c(S(=O)(=O)N2CCOCC2)c1. The number of amides is 1. The number of hydrogen-bond acceptors (Lipinski definition) is 10. The van der Waals surface area contributed by atoms with Crippen LogP contribution in [0, 0.1) is 0 Å². The molecule has 0 saturated carbocycles. The normalized spacial score (nSPS) is 14.8. The predicted molar refractivity (Wildman–Crippen MR) is 111 cm³/mol. The number of carbonyl (C=O) groups is 2. The standard InChI is InChI=1S/C18H22N4O7S2/c1-3-29-18(24)16-17(30-21-20-16)19-15(23)11-12-4-5-13(27-2)14(10-12)31(25,26)22-6-8-28-9-7-22/h4-5,10H,3,6-9,11H2,1-2H3,(H,19,23). The van der Waals surface area contributed by atoms with Gasteiger partial charge in [0.2, 0.25) is 21.6 Å². The van der Waals surface area contributed by atoms with E-state index in [1.807, 2.05) is 0 Å². The maximum absolute atomic E-state index is 13.1. The van der Waals surface area contributed by atoms with Crippen molar-refractivity contribution in [1.82, 2.24) is 13.9 Å². The van der Waals surface area contributed by atoms with Crippen molar-refractivity contribution in [2.75, 3.05) is 45.3 Å². The molecule has 0 spiro atoms. The predicted octanol–water partition coefficient (Wildman–Crippen LogP) is 0.925. The van der Waals surface area contributed by atoms with Crippen LogP contribution in [0.4, 0.5) is 5.00 Å². The minimum absolute atomic E-state index is 0.0196. The highest BCUT2D eigenvalue weighted by Crippen LogP contribution is 2.29. The van der Waals surface area contributed by atoms with Crippen LogP contribution in [-0.4, -0.2) is 74.2 Å². The number of carbonyl (C=O) groups excluding carboxylic acids is 2. The van der Waals surface area contributed by atoms with Crippen molar-refractivity contribution in [1.29, 1.82) is 0 Å². The number of methoxy groups -OCH3 is 1. The minimum atomic E-state index is -3.82. The molecule has 13 heteroatoms. The first-order chi connectivity index (χ1) is 14.9. The molecule has 11 nitrogen and oxygen atoms in total. The number of benzene rings is 1. The van der Waals surface area contributed by atoms with Gasteiger partial charge in [0.25, 0.3) is 0 Å². The number of ether oxygens (including phenoxy) is 3. The average molecular weight is 471 g/mol. The van der Waals surface area contributed by atoms with Crippen LogP contribution in [0.1, 0.15) is 23.0 Å². The van der Waals surface area contributed by atoms with Crippen LogP contribution in [0.15, 0.2) is 23.1 Å². The number of anilines is 1. The lowest BCUT2D eigenvalue weighted by Crippen LogP contribution is -2.40. The quantitative estimate of drug-likeness (QED) is 0.558. The van der Waals surface area contributed by atoms with Crippen LogP contribution in [-0.2, 0) is 30.7 Å². The second-order valence-corrected chi connectivity index (χ2v) is 9.06. The lowest BCUT2D eigenvalue weighted by atomic mass is 10.1. The Balaban J connectivity index is 1.78. The zero-order valence-corrected chi connectivity index (χ0v) is 18.6. The van der Waals surface area contributed by atoms with E-state index >= 15 is 0 Å². The van der Waals surface area contributed by atoms with Gasteiger partial charge in [-0.25, -0.2) is 13.2 Å². The number of sulfonamides is 1. The number of morpholine rings is 1. The van der Waals surface area contributed by atoms with Crippen LogP contribution in [0.25, 0.3) is 0 Å². The molecule has 1 saturated heterocycles. The summed E-state index contributed by atoms with van der Waals surface area (Å²) in [6.07, 6.45) is -0.129. The Kier molecular flexibility index (Phi) is 7.54. The van der Waals surface area contributed by atoms with Crippen molar-refractivity contribution in [2.24, 2.45) is 0 Å². The molecule has 1 fully saturated rings. The van der Waals surface area contributed by atoms with E-state index in [1.54, 1.807) is 13.0 Å². The summed E-state index contributed by atoms with van der Waals surface area (Å²) < 4.78 is 46.5. The van der Waals surface area contributed by atoms with Crippen LogP contribution in [0.3, 0.4) is 0 Å². The summed E-state index contributed by atoms with van der Waals surface area (Å²) >= 11 is 0.847. The number of rotatable bonds is 8. The largest absolute Gasteiger partial charge is 0.495 e. The fourth-order valence-electron chi connectivity index (χ4n) is 2.92. The Morgan fingerprint density at radius 2 is 2.03 bits per heavy atom. The fraction of sp³-hybridized carbons (Fsp3) is 0.444. The highest BCUT2D eigenvalue weighted by molar-refractivity contribution is 7.89. The van der Waals surface area contributed by atoms with Gasteiger partial charge in [0, 0.05) is 24.6 Å². The number of nitrogens with one attached hydrogen (secondary N) is 1. The molecule has 1 N–H and O–H groups in total. The maximum atomic E-state index is 13.1. The third kappa shape index (κ3) is 5.36. The molecule has 0 atom stereocenters. The van der Waals surface area contributed by atoms with Gasteiger partial charge in [0.1, 0.15) is 10.6 Å². The molecule has 2 aromatic rings. The molecule has 0 bridgehead atoms. The third-order valence-corrected chi connectivity index (χ3v) is 6.95. The number of nitrogens with zero attached hydrogens (tertiary/aromatic N) is 3. The van der Waals surface area contributed by atoms with Gasteiger partial charge in [-0.2, -0.15) is 4.31 Å². The monoisotopic (exact) mass is 470 g/mol. The molecule has 168 valence electrons. The summed E-state index contributed by atoms with van der Waals surface area (Å²) in [4.78, 5) is 24.4. The summed E-state index contributed by atoms with van der Waals surface area (Å²) in [5.74, 6) is -0.960. The van der Waals surface area contributed by atoms with E-state index in [4.69, 9.17) is 14.2 Å². The van der Waals surface area contributed by atoms with Gasteiger partial charge >= 0.3 is 5.97 Å². The second-order valence-electron chi connectivity index (χ2n) is 6.40. The van der Waals surface area contributed by atoms with Crippen molar-refractivity contribution < 1.29 is 32.2 Å². The summed E-state index contributed by atoms with van der Waals surface area (Å²) in [7, 11) is -2.44. The summed E-state index contributed by atoms with van der Waals surface area (Å²) in [6.45, 7) is 2.93. The summed E-state index contributed by atoms with van der Waals surface area (Å²) in [5.41, 5.74) is 0.380. The Morgan fingerprint density at radius 1 is 1.29 bits per heavy atom. The minimum Gasteiger partial charge on any atom is -0.495 e. The first kappa shape index (κ1) is 23.1. The molecular formula is C18H22N4O7S2. The number of hydrogen-bond donors (Lipinski definition) is 1.